The fourth-order valence-electron chi connectivity index (χ4n) is 8.27. The second-order valence-corrected chi connectivity index (χ2v) is 14.1. The number of benzene rings is 10. The van der Waals surface area contributed by atoms with Crippen molar-refractivity contribution in [3.63, 3.8) is 0 Å². The van der Waals surface area contributed by atoms with Crippen molar-refractivity contribution in [2.45, 2.75) is 0 Å². The average molecular weight is 685 g/mol. The van der Waals surface area contributed by atoms with E-state index in [2.05, 4.69) is 218 Å². The van der Waals surface area contributed by atoms with Crippen LogP contribution >= 0.6 is 0 Å². The summed E-state index contributed by atoms with van der Waals surface area (Å²) in [5.41, 5.74) is 14.7. The quantitative estimate of drug-likeness (QED) is 0.153. The number of hydrogen-bond donors (Lipinski definition) is 0. The maximum Gasteiger partial charge on any atom is -0.00261 e. The van der Waals surface area contributed by atoms with Crippen molar-refractivity contribution in [2.24, 2.45) is 0 Å². The van der Waals surface area contributed by atoms with Gasteiger partial charge < -0.3 is 0 Å². The summed E-state index contributed by atoms with van der Waals surface area (Å²) in [6.45, 7) is 0. The summed E-state index contributed by atoms with van der Waals surface area (Å²) in [4.78, 5) is 0. The molecule has 0 radical (unpaired) electrons. The first-order valence-corrected chi connectivity index (χ1v) is 18.7. The van der Waals surface area contributed by atoms with Crippen molar-refractivity contribution in [3.8, 4) is 66.8 Å². The zero-order valence-electron chi connectivity index (χ0n) is 29.8. The molecular formula is C54H36. The highest BCUT2D eigenvalue weighted by Gasteiger charge is 2.18. The Hall–Kier alpha value is -7.02. The maximum absolute atomic E-state index is 2.43. The molecule has 0 heterocycles. The van der Waals surface area contributed by atoms with Gasteiger partial charge in [0.25, 0.3) is 0 Å². The van der Waals surface area contributed by atoms with Gasteiger partial charge in [0.2, 0.25) is 0 Å². The Morgan fingerprint density at radius 3 is 1.17 bits per heavy atom. The third-order valence-electron chi connectivity index (χ3n) is 10.8. The van der Waals surface area contributed by atoms with Crippen LogP contribution in [0.15, 0.2) is 218 Å². The SMILES string of the molecule is c1ccc(-c2cc(-c3ccccc3)cc(-c3ccc(-c4c5ccccc5c(-c5ccccc5)c5ccc(-c6cccc7ccccc67)cc45)cc3)c2)cc1. The van der Waals surface area contributed by atoms with Gasteiger partial charge >= 0.3 is 0 Å². The van der Waals surface area contributed by atoms with Gasteiger partial charge in [-0.05, 0) is 123 Å². The molecular weight excluding hydrogens is 649 g/mol. The van der Waals surface area contributed by atoms with E-state index in [9.17, 15) is 0 Å². The van der Waals surface area contributed by atoms with E-state index >= 15 is 0 Å². The van der Waals surface area contributed by atoms with Gasteiger partial charge in [0.1, 0.15) is 0 Å². The van der Waals surface area contributed by atoms with E-state index in [1.54, 1.807) is 0 Å². The number of fused-ring (bicyclic) bond motifs is 3. The van der Waals surface area contributed by atoms with Crippen molar-refractivity contribution in [3.05, 3.63) is 218 Å². The van der Waals surface area contributed by atoms with E-state index in [4.69, 9.17) is 0 Å². The first kappa shape index (κ1) is 31.7. The third kappa shape index (κ3) is 5.66. The van der Waals surface area contributed by atoms with Gasteiger partial charge in [0.05, 0.1) is 0 Å². The van der Waals surface area contributed by atoms with Crippen LogP contribution in [0, 0.1) is 0 Å². The van der Waals surface area contributed by atoms with E-state index in [1.807, 2.05) is 0 Å². The monoisotopic (exact) mass is 684 g/mol. The van der Waals surface area contributed by atoms with Gasteiger partial charge in [0.15, 0.2) is 0 Å². The van der Waals surface area contributed by atoms with E-state index in [-0.39, 0.29) is 0 Å². The zero-order chi connectivity index (χ0) is 35.8. The lowest BCUT2D eigenvalue weighted by Gasteiger charge is -2.19. The predicted octanol–water partition coefficient (Wildman–Crippen LogP) is 15.1. The van der Waals surface area contributed by atoms with Crippen LogP contribution in [0.5, 0.6) is 0 Å². The van der Waals surface area contributed by atoms with Crippen molar-refractivity contribution in [2.75, 3.05) is 0 Å². The summed E-state index contributed by atoms with van der Waals surface area (Å²) in [5.74, 6) is 0. The summed E-state index contributed by atoms with van der Waals surface area (Å²) in [7, 11) is 0. The molecule has 0 fully saturated rings. The van der Waals surface area contributed by atoms with Crippen molar-refractivity contribution in [1.82, 2.24) is 0 Å². The minimum absolute atomic E-state index is 1.19. The van der Waals surface area contributed by atoms with Crippen LogP contribution in [0.3, 0.4) is 0 Å². The van der Waals surface area contributed by atoms with E-state index in [0.717, 1.165) is 0 Å². The highest BCUT2D eigenvalue weighted by molar-refractivity contribution is 6.22. The van der Waals surface area contributed by atoms with E-state index < -0.39 is 0 Å². The molecule has 0 N–H and O–H groups in total. The maximum atomic E-state index is 2.43. The topological polar surface area (TPSA) is 0 Å². The molecule has 0 aliphatic heterocycles. The number of rotatable bonds is 6. The van der Waals surface area contributed by atoms with Gasteiger partial charge in [-0.3, -0.25) is 0 Å². The first-order valence-electron chi connectivity index (χ1n) is 18.7. The summed E-state index contributed by atoms with van der Waals surface area (Å²) < 4.78 is 0. The van der Waals surface area contributed by atoms with Crippen LogP contribution in [-0.2, 0) is 0 Å². The van der Waals surface area contributed by atoms with Crippen LogP contribution in [0.2, 0.25) is 0 Å². The lowest BCUT2D eigenvalue weighted by molar-refractivity contribution is 1.56. The van der Waals surface area contributed by atoms with Crippen LogP contribution in [-0.4, -0.2) is 0 Å². The minimum atomic E-state index is 1.19. The summed E-state index contributed by atoms with van der Waals surface area (Å²) in [6.07, 6.45) is 0. The first-order chi connectivity index (χ1) is 26.8. The Morgan fingerprint density at radius 2 is 0.574 bits per heavy atom. The Balaban J connectivity index is 1.19. The molecule has 0 saturated carbocycles. The molecule has 0 amide bonds. The lowest BCUT2D eigenvalue weighted by Crippen LogP contribution is -1.92. The second kappa shape index (κ2) is 13.5. The van der Waals surface area contributed by atoms with Crippen LogP contribution in [0.1, 0.15) is 0 Å². The Morgan fingerprint density at radius 1 is 0.185 bits per heavy atom. The molecule has 10 rings (SSSR count). The molecule has 0 aliphatic carbocycles. The molecule has 252 valence electrons. The van der Waals surface area contributed by atoms with Gasteiger partial charge in [-0.15, -0.1) is 0 Å². The highest BCUT2D eigenvalue weighted by atomic mass is 14.2. The summed E-state index contributed by atoms with van der Waals surface area (Å²) in [6, 6.07) is 79.8. The lowest BCUT2D eigenvalue weighted by atomic mass is 9.84. The summed E-state index contributed by atoms with van der Waals surface area (Å²) >= 11 is 0. The van der Waals surface area contributed by atoms with Crippen LogP contribution in [0.4, 0.5) is 0 Å². The Labute approximate surface area is 316 Å². The molecule has 0 heteroatoms. The smallest absolute Gasteiger partial charge is 0.00261 e. The second-order valence-electron chi connectivity index (χ2n) is 14.1. The van der Waals surface area contributed by atoms with E-state index in [1.165, 1.54) is 99.1 Å². The molecule has 0 unspecified atom stereocenters. The minimum Gasteiger partial charge on any atom is -0.0622 e. The highest BCUT2D eigenvalue weighted by Crippen LogP contribution is 2.46. The molecule has 10 aromatic carbocycles. The van der Waals surface area contributed by atoms with Gasteiger partial charge in [-0.1, -0.05) is 194 Å². The fourth-order valence-corrected chi connectivity index (χ4v) is 8.27. The van der Waals surface area contributed by atoms with Crippen molar-refractivity contribution < 1.29 is 0 Å². The van der Waals surface area contributed by atoms with Crippen molar-refractivity contribution >= 4 is 32.3 Å². The molecule has 0 nitrogen and oxygen atoms in total. The van der Waals surface area contributed by atoms with Crippen LogP contribution < -0.4 is 0 Å². The van der Waals surface area contributed by atoms with Crippen LogP contribution in [0.25, 0.3) is 99.1 Å². The molecule has 0 aromatic heterocycles. The molecule has 10 aromatic rings. The van der Waals surface area contributed by atoms with Crippen molar-refractivity contribution in [1.29, 1.82) is 0 Å². The molecule has 0 bridgehead atoms. The van der Waals surface area contributed by atoms with Gasteiger partial charge in [-0.2, -0.15) is 0 Å². The normalized spacial score (nSPS) is 11.3. The standard InChI is InChI=1S/C54H36/c1-4-15-37(16-5-1)44-33-45(38-17-6-2-7-18-38)35-46(34-44)39-27-29-42(30-28-39)54-50-25-13-12-24-49(50)53(41-20-8-3-9-21-41)51-32-31-43(36-52(51)54)48-26-14-22-40-19-10-11-23-47(40)48/h1-36H. The Kier molecular flexibility index (Phi) is 7.93. The fraction of sp³-hybridized carbons (Fsp3) is 0. The molecule has 54 heavy (non-hydrogen) atoms. The largest absolute Gasteiger partial charge is 0.0622 e. The molecule has 0 aliphatic rings. The Bertz CT molecular complexity index is 2880. The third-order valence-corrected chi connectivity index (χ3v) is 10.8. The van der Waals surface area contributed by atoms with Gasteiger partial charge in [-0.25, -0.2) is 0 Å². The average Bonchev–Trinajstić information content (AvgIpc) is 3.26. The summed E-state index contributed by atoms with van der Waals surface area (Å²) in [5, 5.41) is 7.54. The number of hydrogen-bond acceptors (Lipinski definition) is 0. The van der Waals surface area contributed by atoms with Gasteiger partial charge in [0, 0.05) is 0 Å². The van der Waals surface area contributed by atoms with E-state index in [0.29, 0.717) is 0 Å². The molecule has 0 spiro atoms. The molecule has 0 saturated heterocycles. The molecule has 0 atom stereocenters. The zero-order valence-corrected chi connectivity index (χ0v) is 29.8. The predicted molar refractivity (Wildman–Crippen MR) is 232 cm³/mol.